The van der Waals surface area contributed by atoms with E-state index >= 15 is 0 Å². The van der Waals surface area contributed by atoms with E-state index in [1.807, 2.05) is 24.3 Å². The molecule has 0 saturated heterocycles. The van der Waals surface area contributed by atoms with Crippen LogP contribution in [-0.2, 0) is 12.8 Å². The predicted molar refractivity (Wildman–Crippen MR) is 92.9 cm³/mol. The van der Waals surface area contributed by atoms with E-state index < -0.39 is 0 Å². The van der Waals surface area contributed by atoms with Gasteiger partial charge < -0.3 is 0 Å². The molecule has 112 valence electrons. The second kappa shape index (κ2) is 6.28. The summed E-state index contributed by atoms with van der Waals surface area (Å²) in [5.41, 5.74) is 5.85. The van der Waals surface area contributed by atoms with Crippen molar-refractivity contribution in [1.82, 2.24) is 0 Å². The van der Waals surface area contributed by atoms with Crippen molar-refractivity contribution in [3.05, 3.63) is 75.3 Å². The Bertz CT molecular complexity index is 697. The monoisotopic (exact) mass is 330 g/mol. The van der Waals surface area contributed by atoms with E-state index in [9.17, 15) is 4.79 Å². The summed E-state index contributed by atoms with van der Waals surface area (Å²) < 4.78 is 0. The average Bonchev–Trinajstić information content (AvgIpc) is 3.03. The molecule has 2 aromatic rings. The van der Waals surface area contributed by atoms with Gasteiger partial charge in [-0.3, -0.25) is 4.79 Å². The van der Waals surface area contributed by atoms with E-state index in [-0.39, 0.29) is 5.78 Å². The molecule has 0 fully saturated rings. The SMILES string of the molecule is C=C1CCc2cc(Cl)ccc21.O=C1CCc2cc(Cl)ccc21. The largest absolute Gasteiger partial charge is 0.294 e. The number of hydrogen-bond donors (Lipinski definition) is 0. The number of benzene rings is 2. The van der Waals surface area contributed by atoms with Crippen LogP contribution in [0.25, 0.3) is 5.57 Å². The van der Waals surface area contributed by atoms with Crippen molar-refractivity contribution < 1.29 is 4.79 Å². The standard InChI is InChI=1S/C10H9Cl.C9H7ClO/c1-7-2-3-8-6-9(11)4-5-10(7)8;10-7-2-3-8-6(5-7)1-4-9(8)11/h4-6H,1-3H2;2-3,5H,1,4H2. The quantitative estimate of drug-likeness (QED) is 0.599. The smallest absolute Gasteiger partial charge is 0.163 e. The van der Waals surface area contributed by atoms with E-state index in [2.05, 4.69) is 12.6 Å². The van der Waals surface area contributed by atoms with Crippen LogP contribution >= 0.6 is 23.2 Å². The molecule has 2 aliphatic carbocycles. The molecule has 0 aliphatic heterocycles. The van der Waals surface area contributed by atoms with Gasteiger partial charge in [-0.25, -0.2) is 0 Å². The number of ketones is 1. The Kier molecular flexibility index (Phi) is 4.37. The first-order valence-electron chi connectivity index (χ1n) is 7.33. The van der Waals surface area contributed by atoms with Gasteiger partial charge in [-0.05, 0) is 71.9 Å². The van der Waals surface area contributed by atoms with Gasteiger partial charge in [0.05, 0.1) is 0 Å². The van der Waals surface area contributed by atoms with Crippen LogP contribution in [-0.4, -0.2) is 5.78 Å². The zero-order valence-corrected chi connectivity index (χ0v) is 13.7. The van der Waals surface area contributed by atoms with Crippen LogP contribution in [0.15, 0.2) is 43.0 Å². The van der Waals surface area contributed by atoms with Crippen LogP contribution in [0.1, 0.15) is 39.9 Å². The third-order valence-corrected chi connectivity index (χ3v) is 4.60. The molecule has 4 rings (SSSR count). The first kappa shape index (κ1) is 15.3. The van der Waals surface area contributed by atoms with Crippen molar-refractivity contribution in [3.8, 4) is 0 Å². The molecule has 0 amide bonds. The average molecular weight is 331 g/mol. The van der Waals surface area contributed by atoms with Gasteiger partial charge in [0.2, 0.25) is 0 Å². The summed E-state index contributed by atoms with van der Waals surface area (Å²) >= 11 is 11.6. The molecular weight excluding hydrogens is 315 g/mol. The first-order chi connectivity index (χ1) is 10.5. The maximum atomic E-state index is 11.1. The fraction of sp³-hybridized carbons (Fsp3) is 0.211. The highest BCUT2D eigenvalue weighted by molar-refractivity contribution is 6.31. The Hall–Kier alpha value is -1.57. The first-order valence-corrected chi connectivity index (χ1v) is 8.08. The van der Waals surface area contributed by atoms with Crippen molar-refractivity contribution in [2.24, 2.45) is 0 Å². The summed E-state index contributed by atoms with van der Waals surface area (Å²) in [5.74, 6) is 0.247. The number of carbonyl (C=O) groups is 1. The van der Waals surface area contributed by atoms with Crippen molar-refractivity contribution in [3.63, 3.8) is 0 Å². The molecule has 0 bridgehead atoms. The third kappa shape index (κ3) is 3.11. The summed E-state index contributed by atoms with van der Waals surface area (Å²) in [5, 5.41) is 1.55. The number of hydrogen-bond acceptors (Lipinski definition) is 1. The molecule has 0 heterocycles. The van der Waals surface area contributed by atoms with Crippen LogP contribution in [0.3, 0.4) is 0 Å². The van der Waals surface area contributed by atoms with E-state index in [4.69, 9.17) is 23.2 Å². The minimum atomic E-state index is 0.247. The molecule has 0 aromatic heterocycles. The number of carbonyl (C=O) groups excluding carboxylic acids is 1. The maximum Gasteiger partial charge on any atom is 0.163 e. The Morgan fingerprint density at radius 3 is 2.00 bits per heavy atom. The van der Waals surface area contributed by atoms with Gasteiger partial charge in [0.15, 0.2) is 5.78 Å². The Morgan fingerprint density at radius 1 is 0.773 bits per heavy atom. The van der Waals surface area contributed by atoms with Crippen molar-refractivity contribution in [2.45, 2.75) is 25.7 Å². The number of allylic oxidation sites excluding steroid dienone is 1. The topological polar surface area (TPSA) is 17.1 Å². The van der Waals surface area contributed by atoms with Crippen LogP contribution in [0.5, 0.6) is 0 Å². The number of Topliss-reactive ketones (excluding diaryl/α,β-unsaturated/α-hetero) is 1. The fourth-order valence-electron chi connectivity index (χ4n) is 2.96. The summed E-state index contributed by atoms with van der Waals surface area (Å²) in [4.78, 5) is 11.1. The molecule has 2 aromatic carbocycles. The third-order valence-electron chi connectivity index (χ3n) is 4.13. The van der Waals surface area contributed by atoms with Crippen LogP contribution < -0.4 is 0 Å². The Labute approximate surface area is 140 Å². The molecule has 0 atom stereocenters. The highest BCUT2D eigenvalue weighted by Crippen LogP contribution is 2.32. The van der Waals surface area contributed by atoms with Gasteiger partial charge in [0, 0.05) is 22.0 Å². The van der Waals surface area contributed by atoms with Gasteiger partial charge in [0.25, 0.3) is 0 Å². The molecule has 2 aliphatic rings. The highest BCUT2D eigenvalue weighted by Gasteiger charge is 2.18. The molecule has 0 radical (unpaired) electrons. The molecule has 0 unspecified atom stereocenters. The predicted octanol–water partition coefficient (Wildman–Crippen LogP) is 5.77. The second-order valence-electron chi connectivity index (χ2n) is 5.63. The normalized spacial score (nSPS) is 15.2. The number of aryl methyl sites for hydroxylation is 2. The maximum absolute atomic E-state index is 11.1. The van der Waals surface area contributed by atoms with Crippen molar-refractivity contribution in [1.29, 1.82) is 0 Å². The van der Waals surface area contributed by atoms with Crippen molar-refractivity contribution >= 4 is 34.6 Å². The lowest BCUT2D eigenvalue weighted by atomic mass is 10.1. The minimum absolute atomic E-state index is 0.247. The highest BCUT2D eigenvalue weighted by atomic mass is 35.5. The fourth-order valence-corrected chi connectivity index (χ4v) is 3.35. The minimum Gasteiger partial charge on any atom is -0.294 e. The Morgan fingerprint density at radius 2 is 1.32 bits per heavy atom. The van der Waals surface area contributed by atoms with Gasteiger partial charge in [0.1, 0.15) is 0 Å². The molecule has 1 nitrogen and oxygen atoms in total. The number of fused-ring (bicyclic) bond motifs is 2. The molecule has 0 spiro atoms. The lowest BCUT2D eigenvalue weighted by Crippen LogP contribution is -1.89. The molecule has 0 saturated carbocycles. The molecule has 3 heteroatoms. The summed E-state index contributed by atoms with van der Waals surface area (Å²) in [6.45, 7) is 3.98. The van der Waals surface area contributed by atoms with E-state index in [1.165, 1.54) is 16.7 Å². The lowest BCUT2D eigenvalue weighted by molar-refractivity contribution is 0.0994. The molecule has 0 N–H and O–H groups in total. The van der Waals surface area contributed by atoms with Gasteiger partial charge in [-0.15, -0.1) is 0 Å². The molecular formula is C19H16Cl2O. The molecule has 22 heavy (non-hydrogen) atoms. The zero-order chi connectivity index (χ0) is 15.7. The zero-order valence-electron chi connectivity index (χ0n) is 12.2. The van der Waals surface area contributed by atoms with E-state index in [1.54, 1.807) is 6.07 Å². The Balaban J connectivity index is 0.000000131. The second-order valence-corrected chi connectivity index (χ2v) is 6.50. The summed E-state index contributed by atoms with van der Waals surface area (Å²) in [6.07, 6.45) is 3.70. The van der Waals surface area contributed by atoms with Crippen LogP contribution in [0.4, 0.5) is 0 Å². The van der Waals surface area contributed by atoms with Gasteiger partial charge in [-0.2, -0.15) is 0 Å². The number of halogens is 2. The number of rotatable bonds is 0. The van der Waals surface area contributed by atoms with Crippen molar-refractivity contribution in [2.75, 3.05) is 0 Å². The van der Waals surface area contributed by atoms with E-state index in [0.29, 0.717) is 6.42 Å². The van der Waals surface area contributed by atoms with E-state index in [0.717, 1.165) is 40.4 Å². The van der Waals surface area contributed by atoms with Crippen LogP contribution in [0.2, 0.25) is 10.0 Å². The summed E-state index contributed by atoms with van der Waals surface area (Å²) in [6, 6.07) is 11.5. The lowest BCUT2D eigenvalue weighted by Gasteiger charge is -1.98. The van der Waals surface area contributed by atoms with Crippen LogP contribution in [0, 0.1) is 0 Å². The van der Waals surface area contributed by atoms with Gasteiger partial charge >= 0.3 is 0 Å². The summed E-state index contributed by atoms with van der Waals surface area (Å²) in [7, 11) is 0. The van der Waals surface area contributed by atoms with Gasteiger partial charge in [-0.1, -0.05) is 35.8 Å².